The molecule has 5 aliphatic carbocycles. The van der Waals surface area contributed by atoms with Crippen LogP contribution < -0.4 is 29.6 Å². The molecule has 18 atom stereocenters. The van der Waals surface area contributed by atoms with E-state index in [2.05, 4.69) is 33.8 Å². The summed E-state index contributed by atoms with van der Waals surface area (Å²) in [5, 5.41) is 65.7. The summed E-state index contributed by atoms with van der Waals surface area (Å²) in [4.78, 5) is 14.5. The summed E-state index contributed by atoms with van der Waals surface area (Å²) in [6.45, 7) is 14.0. The van der Waals surface area contributed by atoms with E-state index >= 15 is 0 Å². The first-order valence-electron chi connectivity index (χ1n) is 21.6. The molecule has 5 unspecified atom stereocenters. The molecule has 1 spiro atoms. The van der Waals surface area contributed by atoms with Crippen LogP contribution in [-0.4, -0.2) is 140 Å². The normalized spacial score (nSPS) is 51.9. The number of fused-ring (bicyclic) bond motifs is 4. The molecule has 60 heavy (non-hydrogen) atoms. The van der Waals surface area contributed by atoms with Crippen molar-refractivity contribution in [2.75, 3.05) is 6.61 Å². The van der Waals surface area contributed by atoms with Crippen molar-refractivity contribution in [3.8, 4) is 0 Å². The van der Waals surface area contributed by atoms with E-state index in [1.807, 2.05) is 20.8 Å². The van der Waals surface area contributed by atoms with Gasteiger partial charge in [-0.05, 0) is 119 Å². The van der Waals surface area contributed by atoms with Gasteiger partial charge in [-0.15, -0.1) is 0 Å². The Morgan fingerprint density at radius 1 is 0.833 bits per heavy atom. The van der Waals surface area contributed by atoms with E-state index < -0.39 is 106 Å². The molecule has 3 aliphatic heterocycles. The number of ether oxygens (including phenoxy) is 5. The van der Waals surface area contributed by atoms with Gasteiger partial charge in [0.1, 0.15) is 59.8 Å². The molecule has 0 bridgehead atoms. The average Bonchev–Trinajstić information content (AvgIpc) is 3.71. The molecular formula is C42H65NaO16S. The maximum absolute atomic E-state index is 14.5. The van der Waals surface area contributed by atoms with Crippen LogP contribution in [-0.2, 0) is 43.1 Å². The van der Waals surface area contributed by atoms with Crippen molar-refractivity contribution < 1.29 is 106 Å². The Balaban J connectivity index is 0.00000544. The second kappa shape index (κ2) is 15.7. The van der Waals surface area contributed by atoms with Gasteiger partial charge in [-0.1, -0.05) is 39.3 Å². The van der Waals surface area contributed by atoms with Crippen molar-refractivity contribution in [3.63, 3.8) is 0 Å². The second-order valence-electron chi connectivity index (χ2n) is 21.0. The third-order valence-electron chi connectivity index (χ3n) is 17.4. The Morgan fingerprint density at radius 2 is 1.52 bits per heavy atom. The molecule has 0 aromatic rings. The van der Waals surface area contributed by atoms with E-state index in [-0.39, 0.29) is 77.3 Å². The van der Waals surface area contributed by atoms with Gasteiger partial charge in [-0.25, -0.2) is 8.42 Å². The molecule has 0 radical (unpaired) electrons. The van der Waals surface area contributed by atoms with E-state index in [0.717, 1.165) is 25.7 Å². The van der Waals surface area contributed by atoms with Gasteiger partial charge in [0.2, 0.25) is 10.4 Å². The van der Waals surface area contributed by atoms with Crippen LogP contribution in [0.1, 0.15) is 119 Å². The predicted octanol–water partition coefficient (Wildman–Crippen LogP) is -1.10. The first-order chi connectivity index (χ1) is 27.3. The number of rotatable bonds is 8. The van der Waals surface area contributed by atoms with Crippen LogP contribution in [0.5, 0.6) is 0 Å². The number of hydrogen-bond donors (Lipinski definition) is 6. The standard InChI is InChI=1S/C42H66O16S.Na/c1-36(2)15-13-28(56-36)40(7)42(49)19-18-39(6)22-8-11-26-37(3,4)27(14-16-38(26,5)21(22)12-17-41(39,42)35(48)57-40)53-24-10-9-23(58-59(50,51)52)30(45)33(24)55-34-32(47)31(46)29(44)25(20-43)54-34;/h12,22-34,43-47,49H,8-11,13-20H2,1-7H3,(H,50,51,52);/q;+1/p-1/t22?,23-,24-,25-,26?,27?,28?,29-,30+,31+,32-,33+,34+,38-,39+,40+,41?,42+;/m1./s1. The minimum atomic E-state index is -5.23. The van der Waals surface area contributed by atoms with Crippen LogP contribution in [0, 0.1) is 33.5 Å². The SMILES string of the molecule is CC1(C)CCC([C@]2(C)OC(=O)C34CC=C5C(CCC6C(C)(C)C(O[C@@H]7CC[C@@H](OS(=O)(=O)[O-])[C@H](O)[C@H]7O[C@@H]7O[C@H](CO)[C@@H](O)[C@H](O)[C@H]7O)CC[C@]56C)[C@]3(C)CC[C@@]42O)O1.[Na+]. The van der Waals surface area contributed by atoms with Gasteiger partial charge in [0.05, 0.1) is 24.4 Å². The average molecular weight is 881 g/mol. The molecule has 0 aromatic carbocycles. The molecule has 16 nitrogen and oxygen atoms in total. The summed E-state index contributed by atoms with van der Waals surface area (Å²) in [5.41, 5.74) is -4.04. The maximum atomic E-state index is 14.5. The molecule has 0 amide bonds. The van der Waals surface area contributed by atoms with Gasteiger partial charge in [0.15, 0.2) is 11.9 Å². The van der Waals surface area contributed by atoms with Crippen LogP contribution in [0.3, 0.4) is 0 Å². The van der Waals surface area contributed by atoms with Crippen LogP contribution in [0.4, 0.5) is 0 Å². The van der Waals surface area contributed by atoms with E-state index in [0.29, 0.717) is 32.1 Å². The molecule has 4 saturated carbocycles. The number of cyclic esters (lactones) is 1. The van der Waals surface area contributed by atoms with Crippen molar-refractivity contribution in [1.82, 2.24) is 0 Å². The molecule has 18 heteroatoms. The number of aliphatic hydroxyl groups is 6. The quantitative estimate of drug-likeness (QED) is 0.0557. The zero-order valence-corrected chi connectivity index (χ0v) is 39.1. The first kappa shape index (κ1) is 47.6. The van der Waals surface area contributed by atoms with Crippen LogP contribution in [0.25, 0.3) is 0 Å². The Labute approximate surface area is 375 Å². The van der Waals surface area contributed by atoms with Gasteiger partial charge in [0, 0.05) is 0 Å². The fraction of sp³-hybridized carbons (Fsp3) is 0.929. The van der Waals surface area contributed by atoms with Crippen LogP contribution in [0.2, 0.25) is 0 Å². The van der Waals surface area contributed by atoms with E-state index in [4.69, 9.17) is 27.9 Å². The fourth-order valence-corrected chi connectivity index (χ4v) is 14.6. The van der Waals surface area contributed by atoms with Crippen LogP contribution >= 0.6 is 0 Å². The number of aliphatic hydroxyl groups excluding tert-OH is 5. The van der Waals surface area contributed by atoms with Crippen molar-refractivity contribution in [1.29, 1.82) is 0 Å². The molecule has 0 aromatic heterocycles. The molecule has 7 fully saturated rings. The van der Waals surface area contributed by atoms with Crippen molar-refractivity contribution in [2.24, 2.45) is 33.5 Å². The first-order valence-corrected chi connectivity index (χ1v) is 22.9. The fourth-order valence-electron chi connectivity index (χ4n) is 14.1. The molecule has 8 rings (SSSR count). The minimum absolute atomic E-state index is 0. The topological polar surface area (TPSA) is 251 Å². The Kier molecular flexibility index (Phi) is 12.4. The van der Waals surface area contributed by atoms with Gasteiger partial charge in [-0.2, -0.15) is 0 Å². The van der Waals surface area contributed by atoms with Gasteiger partial charge in [-0.3, -0.25) is 8.98 Å². The zero-order chi connectivity index (χ0) is 43.1. The molecule has 3 saturated heterocycles. The second-order valence-corrected chi connectivity index (χ2v) is 22.0. The largest absolute Gasteiger partial charge is 1.00 e. The van der Waals surface area contributed by atoms with Crippen molar-refractivity contribution in [2.45, 2.75) is 203 Å². The number of hydrogen-bond acceptors (Lipinski definition) is 16. The summed E-state index contributed by atoms with van der Waals surface area (Å²) in [6, 6.07) is 0. The Bertz CT molecular complexity index is 1810. The summed E-state index contributed by atoms with van der Waals surface area (Å²) in [7, 11) is -5.23. The van der Waals surface area contributed by atoms with E-state index in [9.17, 15) is 48.4 Å². The predicted molar refractivity (Wildman–Crippen MR) is 205 cm³/mol. The summed E-state index contributed by atoms with van der Waals surface area (Å²) >= 11 is 0. The molecule has 6 N–H and O–H groups in total. The summed E-state index contributed by atoms with van der Waals surface area (Å²) in [6.07, 6.45) is -6.33. The van der Waals surface area contributed by atoms with Crippen molar-refractivity contribution in [3.05, 3.63) is 11.6 Å². The van der Waals surface area contributed by atoms with Gasteiger partial charge < -0.3 is 58.9 Å². The molecular weight excluding hydrogens is 816 g/mol. The van der Waals surface area contributed by atoms with Gasteiger partial charge >= 0.3 is 35.5 Å². The maximum Gasteiger partial charge on any atom is 1.00 e. The minimum Gasteiger partial charge on any atom is -0.726 e. The summed E-state index contributed by atoms with van der Waals surface area (Å²) in [5.74, 6) is -0.176. The van der Waals surface area contributed by atoms with Crippen molar-refractivity contribution >= 4 is 16.4 Å². The third-order valence-corrected chi connectivity index (χ3v) is 17.9. The smallest absolute Gasteiger partial charge is 0.726 e. The molecule has 8 aliphatic rings. The Morgan fingerprint density at radius 3 is 2.15 bits per heavy atom. The Hall–Kier alpha value is -0.320. The van der Waals surface area contributed by atoms with E-state index in [1.165, 1.54) is 5.57 Å². The van der Waals surface area contributed by atoms with Gasteiger partial charge in [0.25, 0.3) is 0 Å². The number of allylic oxidation sites excluding steroid dienone is 2. The summed E-state index contributed by atoms with van der Waals surface area (Å²) < 4.78 is 70.9. The zero-order valence-electron chi connectivity index (χ0n) is 36.2. The number of carbonyl (C=O) groups is 1. The third kappa shape index (κ3) is 6.83. The van der Waals surface area contributed by atoms with Crippen LogP contribution in [0.15, 0.2) is 11.6 Å². The molecule has 336 valence electrons. The monoisotopic (exact) mass is 880 g/mol. The molecule has 3 heterocycles. The number of esters is 1. The number of carbonyl (C=O) groups excluding carboxylic acids is 1. The van der Waals surface area contributed by atoms with E-state index in [1.54, 1.807) is 0 Å².